The third-order valence-electron chi connectivity index (χ3n) is 8.33. The summed E-state index contributed by atoms with van der Waals surface area (Å²) in [6.45, 7) is 5.06. The molecular formula is C30H34N8O4. The molecule has 0 unspecified atom stereocenters. The number of aryl methyl sites for hydroxylation is 2. The number of pyridine rings is 1. The number of carbonyl (C=O) groups excluding carboxylic acids is 1. The van der Waals surface area contributed by atoms with E-state index >= 15 is 0 Å². The van der Waals surface area contributed by atoms with Gasteiger partial charge in [0.05, 0.1) is 42.0 Å². The van der Waals surface area contributed by atoms with Crippen molar-refractivity contribution in [3.8, 4) is 6.07 Å². The topological polar surface area (TPSA) is 144 Å². The first kappa shape index (κ1) is 27.7. The number of rotatable bonds is 5. The van der Waals surface area contributed by atoms with Crippen LogP contribution in [0, 0.1) is 11.3 Å². The molecule has 12 heteroatoms. The first-order valence-electron chi connectivity index (χ1n) is 14.4. The van der Waals surface area contributed by atoms with Gasteiger partial charge in [-0.3, -0.25) is 18.7 Å². The van der Waals surface area contributed by atoms with E-state index in [4.69, 9.17) is 10.5 Å². The number of morpholine rings is 1. The SMILES string of the molecule is CCn1c(N2CCC[C@@H](N)C2)c(C(=O)N2CCOCC2)c2c1c(=O)n(Cc1nc3ccccc3cc1C#N)c(=O)n2C. The lowest BCUT2D eigenvalue weighted by Crippen LogP contribution is -2.45. The lowest BCUT2D eigenvalue weighted by Gasteiger charge is -2.34. The van der Waals surface area contributed by atoms with E-state index in [-0.39, 0.29) is 24.0 Å². The number of hydrogen-bond donors (Lipinski definition) is 1. The number of anilines is 1. The van der Waals surface area contributed by atoms with Crippen molar-refractivity contribution in [2.45, 2.75) is 38.9 Å². The highest BCUT2D eigenvalue weighted by Gasteiger charge is 2.34. The highest BCUT2D eigenvalue weighted by Crippen LogP contribution is 2.34. The lowest BCUT2D eigenvalue weighted by molar-refractivity contribution is 0.0304. The van der Waals surface area contributed by atoms with Crippen LogP contribution in [-0.4, -0.2) is 74.9 Å². The number of ether oxygens (including phenoxy) is 1. The highest BCUT2D eigenvalue weighted by atomic mass is 16.5. The first-order chi connectivity index (χ1) is 20.3. The number of fused-ring (bicyclic) bond motifs is 2. The molecule has 0 bridgehead atoms. The molecule has 2 fully saturated rings. The smallest absolute Gasteiger partial charge is 0.331 e. The van der Waals surface area contributed by atoms with Crippen LogP contribution in [0.15, 0.2) is 39.9 Å². The van der Waals surface area contributed by atoms with Crippen LogP contribution in [0.4, 0.5) is 5.82 Å². The molecule has 6 rings (SSSR count). The summed E-state index contributed by atoms with van der Waals surface area (Å²) >= 11 is 0. The minimum Gasteiger partial charge on any atom is -0.378 e. The van der Waals surface area contributed by atoms with Gasteiger partial charge < -0.3 is 24.8 Å². The summed E-state index contributed by atoms with van der Waals surface area (Å²) in [7, 11) is 1.58. The van der Waals surface area contributed by atoms with Crippen molar-refractivity contribution in [3.05, 3.63) is 68.0 Å². The standard InChI is InChI=1S/C30H34N8O4/c1-3-37-26-25(24(28(39)35-11-13-42-14-12-35)27(37)36-10-6-8-21(32)17-36)34(2)30(41)38(29(26)40)18-23-20(16-31)15-19-7-4-5-9-22(19)33-23/h4-5,7,9,15,21H,3,6,8,10-14,17-18,32H2,1-2H3/t21-/m1/s1. The summed E-state index contributed by atoms with van der Waals surface area (Å²) in [4.78, 5) is 50.8. The van der Waals surface area contributed by atoms with Crippen molar-refractivity contribution in [2.75, 3.05) is 44.3 Å². The molecule has 3 aromatic heterocycles. The summed E-state index contributed by atoms with van der Waals surface area (Å²) < 4.78 is 9.82. The Hall–Kier alpha value is -4.47. The molecule has 2 saturated heterocycles. The van der Waals surface area contributed by atoms with Crippen molar-refractivity contribution < 1.29 is 9.53 Å². The van der Waals surface area contributed by atoms with Gasteiger partial charge in [-0.25, -0.2) is 9.78 Å². The van der Waals surface area contributed by atoms with E-state index in [1.807, 2.05) is 35.8 Å². The Labute approximate surface area is 242 Å². The van der Waals surface area contributed by atoms with E-state index < -0.39 is 11.2 Å². The molecule has 12 nitrogen and oxygen atoms in total. The van der Waals surface area contributed by atoms with Crippen LogP contribution in [0.5, 0.6) is 0 Å². The van der Waals surface area contributed by atoms with Crippen LogP contribution in [-0.2, 0) is 24.9 Å². The zero-order valence-electron chi connectivity index (χ0n) is 23.9. The molecule has 0 saturated carbocycles. The Kier molecular flexibility index (Phi) is 7.30. The van der Waals surface area contributed by atoms with Gasteiger partial charge in [-0.15, -0.1) is 0 Å². The molecule has 1 amide bonds. The maximum absolute atomic E-state index is 14.3. The Bertz CT molecular complexity index is 1860. The predicted octanol–water partition coefficient (Wildman–Crippen LogP) is 1.39. The molecule has 0 spiro atoms. The number of carbonyl (C=O) groups is 1. The fourth-order valence-corrected chi connectivity index (χ4v) is 6.25. The van der Waals surface area contributed by atoms with Crippen molar-refractivity contribution >= 4 is 33.7 Å². The number of nitriles is 1. The van der Waals surface area contributed by atoms with E-state index in [9.17, 15) is 19.6 Å². The minimum atomic E-state index is -0.586. The third-order valence-corrected chi connectivity index (χ3v) is 8.33. The summed E-state index contributed by atoms with van der Waals surface area (Å²) in [6.07, 6.45) is 1.73. The molecular weight excluding hydrogens is 536 g/mol. The normalized spacial score (nSPS) is 17.6. The van der Waals surface area contributed by atoms with Gasteiger partial charge in [0.25, 0.3) is 11.5 Å². The first-order valence-corrected chi connectivity index (χ1v) is 14.4. The molecule has 42 heavy (non-hydrogen) atoms. The minimum absolute atomic E-state index is 0.0720. The van der Waals surface area contributed by atoms with Gasteiger partial charge >= 0.3 is 5.69 Å². The highest BCUT2D eigenvalue weighted by molar-refractivity contribution is 6.11. The number of nitrogens with two attached hydrogens (primary N) is 1. The number of amides is 1. The Morgan fingerprint density at radius 3 is 2.62 bits per heavy atom. The van der Waals surface area contributed by atoms with Crippen LogP contribution in [0.3, 0.4) is 0 Å². The summed E-state index contributed by atoms with van der Waals surface area (Å²) in [5, 5.41) is 10.7. The molecule has 0 radical (unpaired) electrons. The summed E-state index contributed by atoms with van der Waals surface area (Å²) in [5.74, 6) is 0.380. The average Bonchev–Trinajstić information content (AvgIpc) is 3.37. The van der Waals surface area contributed by atoms with Crippen LogP contribution in [0.2, 0.25) is 0 Å². The monoisotopic (exact) mass is 570 g/mol. The largest absolute Gasteiger partial charge is 0.378 e. The number of hydrogen-bond acceptors (Lipinski definition) is 8. The predicted molar refractivity (Wildman–Crippen MR) is 159 cm³/mol. The number of nitrogens with zero attached hydrogens (tertiary/aromatic N) is 7. The second-order valence-corrected chi connectivity index (χ2v) is 10.9. The van der Waals surface area contributed by atoms with Gasteiger partial charge in [0.2, 0.25) is 0 Å². The van der Waals surface area contributed by atoms with Crippen molar-refractivity contribution in [2.24, 2.45) is 12.8 Å². The van der Waals surface area contributed by atoms with Gasteiger partial charge in [-0.1, -0.05) is 18.2 Å². The lowest BCUT2D eigenvalue weighted by atomic mass is 10.1. The van der Waals surface area contributed by atoms with E-state index in [1.165, 1.54) is 4.57 Å². The molecule has 4 aromatic rings. The summed E-state index contributed by atoms with van der Waals surface area (Å²) in [6, 6.07) is 11.2. The molecule has 5 heterocycles. The quantitative estimate of drug-likeness (QED) is 0.379. The van der Waals surface area contributed by atoms with Gasteiger partial charge in [0.15, 0.2) is 0 Å². The Morgan fingerprint density at radius 2 is 1.90 bits per heavy atom. The van der Waals surface area contributed by atoms with Gasteiger partial charge in [-0.05, 0) is 31.9 Å². The molecule has 1 atom stereocenters. The number of para-hydroxylation sites is 1. The van der Waals surface area contributed by atoms with Crippen LogP contribution in [0.25, 0.3) is 21.9 Å². The van der Waals surface area contributed by atoms with Crippen LogP contribution >= 0.6 is 0 Å². The molecule has 2 N–H and O–H groups in total. The van der Waals surface area contributed by atoms with E-state index in [0.717, 1.165) is 22.8 Å². The molecule has 0 aliphatic carbocycles. The van der Waals surface area contributed by atoms with E-state index in [2.05, 4.69) is 16.0 Å². The number of piperidine rings is 1. The zero-order chi connectivity index (χ0) is 29.5. The second kappa shape index (κ2) is 11.1. The number of benzene rings is 1. The Morgan fingerprint density at radius 1 is 1.14 bits per heavy atom. The van der Waals surface area contributed by atoms with Crippen LogP contribution in [0.1, 0.15) is 41.4 Å². The van der Waals surface area contributed by atoms with Crippen molar-refractivity contribution in [1.82, 2.24) is 23.6 Å². The zero-order valence-corrected chi connectivity index (χ0v) is 23.9. The molecule has 2 aliphatic heterocycles. The Balaban J connectivity index is 1.60. The van der Waals surface area contributed by atoms with Gasteiger partial charge in [-0.2, -0.15) is 5.26 Å². The fourth-order valence-electron chi connectivity index (χ4n) is 6.25. The summed E-state index contributed by atoms with van der Waals surface area (Å²) in [5.41, 5.74) is 7.45. The second-order valence-electron chi connectivity index (χ2n) is 10.9. The van der Waals surface area contributed by atoms with Gasteiger partial charge in [0, 0.05) is 51.2 Å². The average molecular weight is 571 g/mol. The fraction of sp³-hybridized carbons (Fsp3) is 0.433. The van der Waals surface area contributed by atoms with Crippen molar-refractivity contribution in [1.29, 1.82) is 5.26 Å². The molecule has 2 aliphatic rings. The van der Waals surface area contributed by atoms with Gasteiger partial charge in [0.1, 0.15) is 23.0 Å². The number of aromatic nitrogens is 4. The van der Waals surface area contributed by atoms with Crippen molar-refractivity contribution in [3.63, 3.8) is 0 Å². The molecule has 218 valence electrons. The molecule has 1 aromatic carbocycles. The van der Waals surface area contributed by atoms with E-state index in [1.54, 1.807) is 18.0 Å². The van der Waals surface area contributed by atoms with E-state index in [0.29, 0.717) is 79.6 Å². The maximum Gasteiger partial charge on any atom is 0.331 e. The maximum atomic E-state index is 14.3. The van der Waals surface area contributed by atoms with Crippen LogP contribution < -0.4 is 21.9 Å². The third kappa shape index (κ3) is 4.55.